The third-order valence-corrected chi connectivity index (χ3v) is 6.97. The fraction of sp³-hybridized carbons (Fsp3) is 0.0870. The van der Waals surface area contributed by atoms with Gasteiger partial charge in [-0.15, -0.1) is 0 Å². The number of carbonyl (C=O) groups is 1. The number of fused-ring (bicyclic) bond motifs is 1. The zero-order valence-electron chi connectivity index (χ0n) is 16.6. The molecule has 9 heteroatoms. The number of sulfonamides is 1. The van der Waals surface area contributed by atoms with E-state index < -0.39 is 32.7 Å². The van der Waals surface area contributed by atoms with E-state index in [1.807, 2.05) is 30.3 Å². The largest absolute Gasteiger partial charge is 0.269 e. The quantitative estimate of drug-likeness (QED) is 0.427. The van der Waals surface area contributed by atoms with Gasteiger partial charge >= 0.3 is 0 Å². The van der Waals surface area contributed by atoms with Crippen molar-refractivity contribution in [2.45, 2.75) is 17.4 Å². The molecule has 1 atom stereocenters. The third-order valence-electron chi connectivity index (χ3n) is 5.14. The lowest BCUT2D eigenvalue weighted by Gasteiger charge is -2.34. The van der Waals surface area contributed by atoms with Crippen LogP contribution in [0.25, 0.3) is 6.08 Å². The molecular formula is C23H17FN2O5S. The van der Waals surface area contributed by atoms with Gasteiger partial charge in [-0.1, -0.05) is 42.5 Å². The van der Waals surface area contributed by atoms with Gasteiger partial charge in [0.05, 0.1) is 15.9 Å². The lowest BCUT2D eigenvalue weighted by atomic mass is 9.94. The van der Waals surface area contributed by atoms with Gasteiger partial charge in [0.2, 0.25) is 0 Å². The average Bonchev–Trinajstić information content (AvgIpc) is 2.78. The summed E-state index contributed by atoms with van der Waals surface area (Å²) >= 11 is 0. The van der Waals surface area contributed by atoms with Crippen molar-refractivity contribution in [2.24, 2.45) is 0 Å². The van der Waals surface area contributed by atoms with Crippen molar-refractivity contribution in [3.63, 3.8) is 0 Å². The average molecular weight is 452 g/mol. The van der Waals surface area contributed by atoms with Crippen molar-refractivity contribution < 1.29 is 22.5 Å². The number of nitro groups is 1. The Morgan fingerprint density at radius 2 is 1.72 bits per heavy atom. The van der Waals surface area contributed by atoms with Gasteiger partial charge in [0.25, 0.3) is 21.6 Å². The Kier molecular flexibility index (Phi) is 5.58. The number of halogens is 1. The summed E-state index contributed by atoms with van der Waals surface area (Å²) < 4.78 is 41.3. The van der Waals surface area contributed by atoms with E-state index in [1.165, 1.54) is 12.1 Å². The van der Waals surface area contributed by atoms with Gasteiger partial charge in [-0.25, -0.2) is 17.1 Å². The molecule has 3 aromatic rings. The Morgan fingerprint density at radius 1 is 1.03 bits per heavy atom. The zero-order valence-corrected chi connectivity index (χ0v) is 17.4. The lowest BCUT2D eigenvalue weighted by Crippen LogP contribution is -2.48. The van der Waals surface area contributed by atoms with Gasteiger partial charge in [0.1, 0.15) is 5.82 Å². The van der Waals surface area contributed by atoms with Crippen molar-refractivity contribution in [2.75, 3.05) is 0 Å². The van der Waals surface area contributed by atoms with Crippen molar-refractivity contribution in [1.29, 1.82) is 0 Å². The molecule has 1 aliphatic rings. The molecule has 1 heterocycles. The Bertz CT molecular complexity index is 1320. The number of rotatable bonds is 5. The molecule has 0 unspecified atom stereocenters. The van der Waals surface area contributed by atoms with Crippen LogP contribution in [0.1, 0.15) is 21.5 Å². The SMILES string of the molecule is O=C1c2ccc(F)cc2C[C@@H](/C=C/c2ccccc2)N1S(=O)(=O)c1ccc([N+](=O)[O-])cc1. The maximum Gasteiger partial charge on any atom is 0.269 e. The first-order valence-corrected chi connectivity index (χ1v) is 11.1. The minimum Gasteiger partial charge on any atom is -0.268 e. The van der Waals surface area contributed by atoms with E-state index >= 15 is 0 Å². The maximum absolute atomic E-state index is 13.8. The zero-order chi connectivity index (χ0) is 22.9. The second-order valence-corrected chi connectivity index (χ2v) is 9.01. The first-order valence-electron chi connectivity index (χ1n) is 9.62. The van der Waals surface area contributed by atoms with Crippen LogP contribution < -0.4 is 0 Å². The number of amides is 1. The molecule has 0 radical (unpaired) electrons. The fourth-order valence-electron chi connectivity index (χ4n) is 3.59. The van der Waals surface area contributed by atoms with E-state index in [4.69, 9.17) is 0 Å². The number of non-ortho nitro benzene ring substituents is 1. The molecule has 0 aromatic heterocycles. The van der Waals surface area contributed by atoms with Gasteiger partial charge < -0.3 is 0 Å². The first kappa shape index (κ1) is 21.4. The minimum atomic E-state index is -4.34. The molecule has 32 heavy (non-hydrogen) atoms. The fourth-order valence-corrected chi connectivity index (χ4v) is 5.12. The Labute approximate surface area is 183 Å². The monoisotopic (exact) mass is 452 g/mol. The first-order chi connectivity index (χ1) is 15.3. The molecule has 7 nitrogen and oxygen atoms in total. The highest BCUT2D eigenvalue weighted by atomic mass is 32.2. The second-order valence-electron chi connectivity index (χ2n) is 7.20. The van der Waals surface area contributed by atoms with Crippen LogP contribution in [-0.2, 0) is 16.4 Å². The van der Waals surface area contributed by atoms with E-state index in [-0.39, 0.29) is 22.6 Å². The van der Waals surface area contributed by atoms with E-state index in [0.717, 1.165) is 40.2 Å². The molecule has 1 amide bonds. The number of carbonyl (C=O) groups excluding carboxylic acids is 1. The molecule has 0 saturated heterocycles. The van der Waals surface area contributed by atoms with Crippen LogP contribution in [-0.4, -0.2) is 29.6 Å². The number of nitrogens with zero attached hydrogens (tertiary/aromatic N) is 2. The number of hydrogen-bond donors (Lipinski definition) is 0. The predicted octanol–water partition coefficient (Wildman–Crippen LogP) is 4.20. The Balaban J connectivity index is 1.79. The molecule has 3 aromatic carbocycles. The molecule has 162 valence electrons. The van der Waals surface area contributed by atoms with Crippen LogP contribution in [0.4, 0.5) is 10.1 Å². The van der Waals surface area contributed by atoms with Crippen molar-refractivity contribution in [3.8, 4) is 0 Å². The van der Waals surface area contributed by atoms with Gasteiger partial charge in [-0.2, -0.15) is 0 Å². The molecule has 0 aliphatic carbocycles. The van der Waals surface area contributed by atoms with E-state index in [2.05, 4.69) is 0 Å². The second kappa shape index (κ2) is 8.35. The molecule has 4 rings (SSSR count). The highest BCUT2D eigenvalue weighted by Gasteiger charge is 2.40. The van der Waals surface area contributed by atoms with E-state index in [1.54, 1.807) is 12.2 Å². The predicted molar refractivity (Wildman–Crippen MR) is 116 cm³/mol. The van der Waals surface area contributed by atoms with Crippen LogP contribution in [0, 0.1) is 15.9 Å². The molecule has 0 fully saturated rings. The van der Waals surface area contributed by atoms with Crippen LogP contribution in [0.2, 0.25) is 0 Å². The third kappa shape index (κ3) is 4.02. The summed E-state index contributed by atoms with van der Waals surface area (Å²) in [6, 6.07) is 16.2. The smallest absolute Gasteiger partial charge is 0.268 e. The highest BCUT2D eigenvalue weighted by molar-refractivity contribution is 7.89. The summed E-state index contributed by atoms with van der Waals surface area (Å²) in [7, 11) is -4.34. The number of nitro benzene ring substituents is 1. The van der Waals surface area contributed by atoms with Gasteiger partial charge in [0, 0.05) is 17.7 Å². The molecule has 0 N–H and O–H groups in total. The molecule has 0 spiro atoms. The summed E-state index contributed by atoms with van der Waals surface area (Å²) in [5.41, 5.74) is 1.04. The van der Waals surface area contributed by atoms with Gasteiger partial charge in [-0.3, -0.25) is 14.9 Å². The van der Waals surface area contributed by atoms with E-state index in [0.29, 0.717) is 5.56 Å². The molecular weight excluding hydrogens is 435 g/mol. The summed E-state index contributed by atoms with van der Waals surface area (Å²) in [6.07, 6.45) is 3.37. The van der Waals surface area contributed by atoms with Gasteiger partial charge in [-0.05, 0) is 47.9 Å². The summed E-state index contributed by atoms with van der Waals surface area (Å²) in [5, 5.41) is 10.9. The van der Waals surface area contributed by atoms with Crippen molar-refractivity contribution >= 4 is 27.7 Å². The molecule has 0 saturated carbocycles. The van der Waals surface area contributed by atoms with Crippen LogP contribution in [0.15, 0.2) is 83.8 Å². The Morgan fingerprint density at radius 3 is 2.38 bits per heavy atom. The van der Waals surface area contributed by atoms with Crippen LogP contribution >= 0.6 is 0 Å². The number of benzene rings is 3. The summed E-state index contributed by atoms with van der Waals surface area (Å²) in [6.45, 7) is 0. The van der Waals surface area contributed by atoms with Gasteiger partial charge in [0.15, 0.2) is 0 Å². The normalized spacial score (nSPS) is 16.2. The van der Waals surface area contributed by atoms with Crippen molar-refractivity contribution in [3.05, 3.63) is 111 Å². The standard InChI is InChI=1S/C23H17FN2O5S/c24-18-7-13-22-17(14-18)15-20(8-6-16-4-2-1-3-5-16)25(23(22)27)32(30,31)21-11-9-19(10-12-21)26(28)29/h1-14,20H,15H2/b8-6+/t20-/m1/s1. The summed E-state index contributed by atoms with van der Waals surface area (Å²) in [5.74, 6) is -1.30. The maximum atomic E-state index is 13.8. The van der Waals surface area contributed by atoms with Crippen molar-refractivity contribution in [1.82, 2.24) is 4.31 Å². The van der Waals surface area contributed by atoms with Crippen LogP contribution in [0.3, 0.4) is 0 Å². The van der Waals surface area contributed by atoms with E-state index in [9.17, 15) is 27.7 Å². The Hall–Kier alpha value is -3.85. The lowest BCUT2D eigenvalue weighted by molar-refractivity contribution is -0.384. The number of hydrogen-bond acceptors (Lipinski definition) is 5. The summed E-state index contributed by atoms with van der Waals surface area (Å²) in [4.78, 5) is 23.2. The molecule has 0 bridgehead atoms. The minimum absolute atomic E-state index is 0.0916. The highest BCUT2D eigenvalue weighted by Crippen LogP contribution is 2.31. The topological polar surface area (TPSA) is 97.6 Å². The molecule has 1 aliphatic heterocycles. The van der Waals surface area contributed by atoms with Crippen LogP contribution in [0.5, 0.6) is 0 Å².